The molecule has 25 heavy (non-hydrogen) atoms. The molecule has 1 N–H and O–H groups in total. The number of nitro groups is 1. The van der Waals surface area contributed by atoms with Crippen LogP contribution in [0.3, 0.4) is 0 Å². The maximum absolute atomic E-state index is 10.8. The molecule has 1 aliphatic rings. The lowest BCUT2D eigenvalue weighted by molar-refractivity contribution is -0.384. The second-order valence-corrected chi connectivity index (χ2v) is 6.91. The first-order valence-electron chi connectivity index (χ1n) is 7.99. The number of benzene rings is 2. The van der Waals surface area contributed by atoms with Gasteiger partial charge in [0.1, 0.15) is 0 Å². The first-order valence-corrected chi connectivity index (χ1v) is 8.97. The van der Waals surface area contributed by atoms with E-state index in [0.29, 0.717) is 12.2 Å². The molecule has 1 unspecified atom stereocenters. The highest BCUT2D eigenvalue weighted by atomic mass is 32.2. The topological polar surface area (TPSA) is 79.0 Å². The average Bonchev–Trinajstić information content (AvgIpc) is 3.04. The van der Waals surface area contributed by atoms with Crippen LogP contribution in [0.1, 0.15) is 17.2 Å². The lowest BCUT2D eigenvalue weighted by Crippen LogP contribution is -2.29. The lowest BCUT2D eigenvalue weighted by Gasteiger charge is -2.22. The van der Waals surface area contributed by atoms with E-state index in [9.17, 15) is 15.2 Å². The molecule has 0 aliphatic carbocycles. The van der Waals surface area contributed by atoms with E-state index >= 15 is 0 Å². The molecule has 1 saturated heterocycles. The summed E-state index contributed by atoms with van der Waals surface area (Å²) in [7, 11) is 0. The molecule has 0 spiro atoms. The van der Waals surface area contributed by atoms with Crippen LogP contribution in [-0.2, 0) is 0 Å². The molecule has 2 aromatic rings. The highest BCUT2D eigenvalue weighted by molar-refractivity contribution is 8.14. The predicted molar refractivity (Wildman–Crippen MR) is 100 cm³/mol. The van der Waals surface area contributed by atoms with Crippen molar-refractivity contribution in [1.82, 2.24) is 4.90 Å². The van der Waals surface area contributed by atoms with E-state index in [2.05, 4.69) is 9.89 Å². The van der Waals surface area contributed by atoms with Gasteiger partial charge >= 0.3 is 0 Å². The minimum atomic E-state index is -0.581. The first-order chi connectivity index (χ1) is 12.0. The van der Waals surface area contributed by atoms with E-state index in [4.69, 9.17) is 0 Å². The van der Waals surface area contributed by atoms with Crippen LogP contribution in [0.5, 0.6) is 0 Å². The minimum absolute atomic E-state index is 0.0666. The molecule has 0 bridgehead atoms. The summed E-state index contributed by atoms with van der Waals surface area (Å²) in [4.78, 5) is 17.2. The Morgan fingerprint density at radius 3 is 2.76 bits per heavy atom. The number of hydrogen-bond acceptors (Lipinski definition) is 5. The molecule has 1 atom stereocenters. The number of aliphatic hydroxyl groups is 1. The van der Waals surface area contributed by atoms with Gasteiger partial charge in [-0.1, -0.05) is 42.1 Å². The minimum Gasteiger partial charge on any atom is -0.387 e. The summed E-state index contributed by atoms with van der Waals surface area (Å²) < 4.78 is 0. The van der Waals surface area contributed by atoms with Gasteiger partial charge in [-0.05, 0) is 24.1 Å². The summed E-state index contributed by atoms with van der Waals surface area (Å²) in [6, 6.07) is 14.2. The Morgan fingerprint density at radius 1 is 1.32 bits per heavy atom. The highest BCUT2D eigenvalue weighted by Gasteiger charge is 2.23. The van der Waals surface area contributed by atoms with Gasteiger partial charge in [-0.15, -0.1) is 0 Å². The van der Waals surface area contributed by atoms with Crippen molar-refractivity contribution >= 4 is 28.3 Å². The van der Waals surface area contributed by atoms with E-state index in [1.54, 1.807) is 17.8 Å². The average molecular weight is 357 g/mol. The van der Waals surface area contributed by atoms with Crippen molar-refractivity contribution in [2.75, 3.05) is 18.8 Å². The second kappa shape index (κ2) is 7.67. The number of amidine groups is 1. The SMILES string of the molecule is Cc1cc([N+](=O)[O-])ccc1N=C1SCCN1CC(O)c1ccccc1. The van der Waals surface area contributed by atoms with E-state index < -0.39 is 11.0 Å². The van der Waals surface area contributed by atoms with Gasteiger partial charge in [-0.2, -0.15) is 0 Å². The van der Waals surface area contributed by atoms with Gasteiger partial charge in [0.05, 0.1) is 23.3 Å². The molecule has 0 amide bonds. The van der Waals surface area contributed by atoms with E-state index in [1.807, 2.05) is 37.3 Å². The van der Waals surface area contributed by atoms with Gasteiger partial charge < -0.3 is 10.0 Å². The Bertz CT molecular complexity index is 795. The number of aliphatic hydroxyl groups excluding tert-OH is 1. The number of β-amino-alcohol motifs (C(OH)–C–C–N with tert-alkyl or cyclic N) is 1. The largest absolute Gasteiger partial charge is 0.387 e. The summed E-state index contributed by atoms with van der Waals surface area (Å²) in [6.07, 6.45) is -0.581. The number of nitro benzene ring substituents is 1. The summed E-state index contributed by atoms with van der Waals surface area (Å²) >= 11 is 1.63. The zero-order valence-corrected chi connectivity index (χ0v) is 14.6. The van der Waals surface area contributed by atoms with Crippen LogP contribution in [0, 0.1) is 17.0 Å². The second-order valence-electron chi connectivity index (χ2n) is 5.84. The maximum Gasteiger partial charge on any atom is 0.269 e. The van der Waals surface area contributed by atoms with Gasteiger partial charge in [0.25, 0.3) is 5.69 Å². The molecule has 2 aromatic carbocycles. The van der Waals surface area contributed by atoms with Gasteiger partial charge in [-0.3, -0.25) is 10.1 Å². The molecule has 0 saturated carbocycles. The molecule has 0 aromatic heterocycles. The van der Waals surface area contributed by atoms with Crippen LogP contribution in [0.15, 0.2) is 53.5 Å². The molecule has 6 nitrogen and oxygen atoms in total. The molecule has 0 radical (unpaired) electrons. The molecule has 130 valence electrons. The van der Waals surface area contributed by atoms with Crippen molar-refractivity contribution in [1.29, 1.82) is 0 Å². The molecule has 1 fully saturated rings. The smallest absolute Gasteiger partial charge is 0.269 e. The quantitative estimate of drug-likeness (QED) is 0.652. The van der Waals surface area contributed by atoms with E-state index in [1.165, 1.54) is 12.1 Å². The number of nitrogens with zero attached hydrogens (tertiary/aromatic N) is 3. The van der Waals surface area contributed by atoms with Crippen molar-refractivity contribution in [2.24, 2.45) is 4.99 Å². The molecule has 1 aliphatic heterocycles. The van der Waals surface area contributed by atoms with Crippen LogP contribution < -0.4 is 0 Å². The summed E-state index contributed by atoms with van der Waals surface area (Å²) in [5.74, 6) is 0.909. The normalized spacial score (nSPS) is 17.0. The summed E-state index contributed by atoms with van der Waals surface area (Å²) in [5, 5.41) is 22.1. The Morgan fingerprint density at radius 2 is 2.08 bits per heavy atom. The van der Waals surface area contributed by atoms with Crippen molar-refractivity contribution in [2.45, 2.75) is 13.0 Å². The standard InChI is InChI=1S/C18H19N3O3S/c1-13-11-15(21(23)24)7-8-16(13)19-18-20(9-10-25-18)12-17(22)14-5-3-2-4-6-14/h2-8,11,17,22H,9-10,12H2,1H3. The highest BCUT2D eigenvalue weighted by Crippen LogP contribution is 2.28. The van der Waals surface area contributed by atoms with Crippen molar-refractivity contribution in [3.8, 4) is 0 Å². The predicted octanol–water partition coefficient (Wildman–Crippen LogP) is 3.67. The van der Waals surface area contributed by atoms with Gasteiger partial charge in [0.2, 0.25) is 0 Å². The number of aliphatic imine (C=N–C) groups is 1. The first kappa shape index (κ1) is 17.4. The Kier molecular flexibility index (Phi) is 5.35. The van der Waals surface area contributed by atoms with Crippen LogP contribution in [0.4, 0.5) is 11.4 Å². The van der Waals surface area contributed by atoms with Crippen LogP contribution >= 0.6 is 11.8 Å². The molecule has 3 rings (SSSR count). The monoisotopic (exact) mass is 357 g/mol. The fourth-order valence-corrected chi connectivity index (χ4v) is 3.68. The third-order valence-electron chi connectivity index (χ3n) is 4.05. The summed E-state index contributed by atoms with van der Waals surface area (Å²) in [6.45, 7) is 3.11. The van der Waals surface area contributed by atoms with Crippen LogP contribution in [0.2, 0.25) is 0 Å². The zero-order chi connectivity index (χ0) is 17.8. The zero-order valence-electron chi connectivity index (χ0n) is 13.8. The number of hydrogen-bond donors (Lipinski definition) is 1. The van der Waals surface area contributed by atoms with E-state index in [0.717, 1.165) is 28.6 Å². The molecule has 1 heterocycles. The van der Waals surface area contributed by atoms with Gasteiger partial charge in [-0.25, -0.2) is 4.99 Å². The maximum atomic E-state index is 10.8. The number of non-ortho nitro benzene ring substituents is 1. The van der Waals surface area contributed by atoms with Crippen molar-refractivity contribution < 1.29 is 10.0 Å². The Hall–Kier alpha value is -2.38. The number of thioether (sulfide) groups is 1. The number of aryl methyl sites for hydroxylation is 1. The molecular formula is C18H19N3O3S. The fourth-order valence-electron chi connectivity index (χ4n) is 2.68. The van der Waals surface area contributed by atoms with Crippen molar-refractivity contribution in [3.63, 3.8) is 0 Å². The van der Waals surface area contributed by atoms with Gasteiger partial charge in [0, 0.05) is 24.4 Å². The van der Waals surface area contributed by atoms with E-state index in [-0.39, 0.29) is 5.69 Å². The summed E-state index contributed by atoms with van der Waals surface area (Å²) in [5.41, 5.74) is 2.43. The fraction of sp³-hybridized carbons (Fsp3) is 0.278. The Balaban J connectivity index is 1.77. The number of rotatable bonds is 5. The van der Waals surface area contributed by atoms with Crippen molar-refractivity contribution in [3.05, 3.63) is 69.8 Å². The van der Waals surface area contributed by atoms with Gasteiger partial charge in [0.15, 0.2) is 5.17 Å². The third-order valence-corrected chi connectivity index (χ3v) is 5.04. The lowest BCUT2D eigenvalue weighted by atomic mass is 10.1. The Labute approximate surface area is 150 Å². The molecule has 7 heteroatoms. The third kappa shape index (κ3) is 4.18. The van der Waals surface area contributed by atoms with Crippen LogP contribution in [-0.4, -0.2) is 38.9 Å². The molecular weight excluding hydrogens is 338 g/mol. The van der Waals surface area contributed by atoms with Crippen LogP contribution in [0.25, 0.3) is 0 Å².